The fraction of sp³-hybridized carbons (Fsp3) is 0.167. The highest BCUT2D eigenvalue weighted by atomic mass is 19.4. The summed E-state index contributed by atoms with van der Waals surface area (Å²) >= 11 is 0. The van der Waals surface area contributed by atoms with Crippen LogP contribution in [0.15, 0.2) is 24.3 Å². The van der Waals surface area contributed by atoms with Crippen molar-refractivity contribution in [1.29, 1.82) is 0 Å². The summed E-state index contributed by atoms with van der Waals surface area (Å²) < 4.78 is 56.0. The van der Waals surface area contributed by atoms with Gasteiger partial charge in [-0.05, 0) is 12.1 Å². The lowest BCUT2D eigenvalue weighted by atomic mass is 10.3. The molecule has 2 aromatic rings. The minimum Gasteiger partial charge on any atom is -0.494 e. The number of nitrogens with zero attached hydrogens (tertiary/aromatic N) is 2. The first-order valence-corrected chi connectivity index (χ1v) is 5.62. The zero-order valence-electron chi connectivity index (χ0n) is 10.7. The van der Waals surface area contributed by atoms with E-state index < -0.39 is 23.6 Å². The molecular weight excluding hydrogens is 292 g/mol. The number of hydrogen-bond donors (Lipinski definition) is 2. The molecule has 0 aliphatic carbocycles. The quantitative estimate of drug-likeness (QED) is 0.853. The van der Waals surface area contributed by atoms with E-state index in [4.69, 9.17) is 10.5 Å². The van der Waals surface area contributed by atoms with Crippen LogP contribution in [-0.2, 0) is 6.18 Å². The van der Waals surface area contributed by atoms with Gasteiger partial charge in [0.1, 0.15) is 5.82 Å². The molecule has 5 nitrogen and oxygen atoms in total. The number of nitrogens with one attached hydrogen (secondary N) is 1. The highest BCUT2D eigenvalue weighted by molar-refractivity contribution is 5.58. The molecule has 0 radical (unpaired) electrons. The molecule has 0 aliphatic rings. The molecule has 3 N–H and O–H groups in total. The molecule has 0 saturated carbocycles. The normalized spacial score (nSPS) is 11.3. The number of nitrogen functional groups attached to an aromatic ring is 1. The topological polar surface area (TPSA) is 73.1 Å². The van der Waals surface area contributed by atoms with Crippen LogP contribution in [0.4, 0.5) is 35.0 Å². The van der Waals surface area contributed by atoms with Gasteiger partial charge in [-0.3, -0.25) is 0 Å². The van der Waals surface area contributed by atoms with Crippen molar-refractivity contribution in [2.75, 3.05) is 18.2 Å². The molecule has 0 bridgehead atoms. The predicted octanol–water partition coefficient (Wildman–Crippen LogP) is 2.97. The van der Waals surface area contributed by atoms with Crippen LogP contribution in [0.2, 0.25) is 0 Å². The van der Waals surface area contributed by atoms with E-state index in [2.05, 4.69) is 15.3 Å². The second-order valence-corrected chi connectivity index (χ2v) is 3.97. The van der Waals surface area contributed by atoms with Crippen LogP contribution in [0, 0.1) is 5.82 Å². The van der Waals surface area contributed by atoms with Crippen molar-refractivity contribution in [2.45, 2.75) is 6.18 Å². The lowest BCUT2D eigenvalue weighted by Gasteiger charge is -2.11. The minimum absolute atomic E-state index is 0.0127. The van der Waals surface area contributed by atoms with Gasteiger partial charge in [0, 0.05) is 17.8 Å². The lowest BCUT2D eigenvalue weighted by Crippen LogP contribution is -2.12. The van der Waals surface area contributed by atoms with Crippen molar-refractivity contribution >= 4 is 17.5 Å². The first-order chi connectivity index (χ1) is 9.79. The van der Waals surface area contributed by atoms with E-state index in [-0.39, 0.29) is 17.3 Å². The first-order valence-electron chi connectivity index (χ1n) is 5.62. The van der Waals surface area contributed by atoms with Crippen LogP contribution in [0.25, 0.3) is 0 Å². The summed E-state index contributed by atoms with van der Waals surface area (Å²) in [6.45, 7) is 0. The van der Waals surface area contributed by atoms with Crippen LogP contribution in [0.1, 0.15) is 5.69 Å². The molecule has 0 aliphatic heterocycles. The van der Waals surface area contributed by atoms with Gasteiger partial charge in [0.25, 0.3) is 0 Å². The van der Waals surface area contributed by atoms with Gasteiger partial charge < -0.3 is 15.8 Å². The Bertz CT molecular complexity index is 660. The molecule has 0 spiro atoms. The van der Waals surface area contributed by atoms with Crippen LogP contribution in [0.5, 0.6) is 5.75 Å². The number of nitrogens with two attached hydrogens (primary N) is 1. The number of methoxy groups -OCH3 is 1. The van der Waals surface area contributed by atoms with Gasteiger partial charge in [-0.2, -0.15) is 18.2 Å². The van der Waals surface area contributed by atoms with Gasteiger partial charge >= 0.3 is 6.18 Å². The number of anilines is 3. The number of halogens is 4. The molecule has 0 unspecified atom stereocenters. The highest BCUT2D eigenvalue weighted by Crippen LogP contribution is 2.30. The van der Waals surface area contributed by atoms with E-state index in [0.717, 1.165) is 6.07 Å². The fourth-order valence-electron chi connectivity index (χ4n) is 1.57. The molecule has 0 atom stereocenters. The Balaban J connectivity index is 2.31. The summed E-state index contributed by atoms with van der Waals surface area (Å²) in [7, 11) is 1.30. The molecule has 1 heterocycles. The monoisotopic (exact) mass is 302 g/mol. The molecule has 2 rings (SSSR count). The molecule has 1 aromatic heterocycles. The van der Waals surface area contributed by atoms with E-state index in [1.807, 2.05) is 0 Å². The zero-order valence-corrected chi connectivity index (χ0v) is 10.7. The molecule has 1 aromatic carbocycles. The Morgan fingerprint density at radius 1 is 1.19 bits per heavy atom. The van der Waals surface area contributed by atoms with Crippen LogP contribution < -0.4 is 15.8 Å². The average Bonchev–Trinajstić information content (AvgIpc) is 2.37. The van der Waals surface area contributed by atoms with Gasteiger partial charge in [-0.15, -0.1) is 0 Å². The number of hydrogen-bond acceptors (Lipinski definition) is 5. The largest absolute Gasteiger partial charge is 0.494 e. The number of ether oxygens (including phenoxy) is 1. The van der Waals surface area contributed by atoms with E-state index in [1.54, 1.807) is 0 Å². The maximum absolute atomic E-state index is 13.5. The average molecular weight is 302 g/mol. The molecule has 112 valence electrons. The van der Waals surface area contributed by atoms with Gasteiger partial charge in [0.15, 0.2) is 17.3 Å². The van der Waals surface area contributed by atoms with Gasteiger partial charge in [0.2, 0.25) is 5.95 Å². The van der Waals surface area contributed by atoms with E-state index >= 15 is 0 Å². The SMILES string of the molecule is COc1ccc(Nc2cc(C(F)(F)F)nc(N)n2)cc1F. The first kappa shape index (κ1) is 14.8. The summed E-state index contributed by atoms with van der Waals surface area (Å²) in [5.74, 6) is -1.39. The van der Waals surface area contributed by atoms with Crippen molar-refractivity contribution in [1.82, 2.24) is 9.97 Å². The Hall–Kier alpha value is -2.58. The third-order valence-electron chi connectivity index (χ3n) is 2.46. The number of alkyl halides is 3. The Morgan fingerprint density at radius 3 is 2.48 bits per heavy atom. The maximum Gasteiger partial charge on any atom is 0.433 e. The van der Waals surface area contributed by atoms with Gasteiger partial charge in [-0.1, -0.05) is 0 Å². The molecule has 21 heavy (non-hydrogen) atoms. The van der Waals surface area contributed by atoms with Crippen molar-refractivity contribution in [3.05, 3.63) is 35.8 Å². The van der Waals surface area contributed by atoms with Crippen molar-refractivity contribution in [3.63, 3.8) is 0 Å². The maximum atomic E-state index is 13.5. The standard InChI is InChI=1S/C12H10F4N4O/c1-21-8-3-2-6(4-7(8)13)18-10-5-9(12(14,15)16)19-11(17)20-10/h2-5H,1H3,(H3,17,18,19,20). The van der Waals surface area contributed by atoms with Crippen molar-refractivity contribution < 1.29 is 22.3 Å². The third-order valence-corrected chi connectivity index (χ3v) is 2.46. The minimum atomic E-state index is -4.65. The smallest absolute Gasteiger partial charge is 0.433 e. The van der Waals surface area contributed by atoms with Crippen LogP contribution >= 0.6 is 0 Å². The Morgan fingerprint density at radius 2 is 1.90 bits per heavy atom. The van der Waals surface area contributed by atoms with Crippen LogP contribution in [-0.4, -0.2) is 17.1 Å². The summed E-state index contributed by atoms with van der Waals surface area (Å²) in [5.41, 5.74) is 4.23. The van der Waals surface area contributed by atoms with Crippen molar-refractivity contribution in [3.8, 4) is 5.75 Å². The molecule has 0 amide bonds. The van der Waals surface area contributed by atoms with Crippen LogP contribution in [0.3, 0.4) is 0 Å². The number of benzene rings is 1. The van der Waals surface area contributed by atoms with Gasteiger partial charge in [0.05, 0.1) is 7.11 Å². The highest BCUT2D eigenvalue weighted by Gasteiger charge is 2.33. The van der Waals surface area contributed by atoms with Gasteiger partial charge in [-0.25, -0.2) is 9.37 Å². The predicted molar refractivity (Wildman–Crippen MR) is 67.7 cm³/mol. The zero-order chi connectivity index (χ0) is 15.6. The van der Waals surface area contributed by atoms with E-state index in [9.17, 15) is 17.6 Å². The molecule has 0 saturated heterocycles. The van der Waals surface area contributed by atoms with Crippen molar-refractivity contribution in [2.24, 2.45) is 0 Å². The molecule has 9 heteroatoms. The Kier molecular flexibility index (Phi) is 3.83. The fourth-order valence-corrected chi connectivity index (χ4v) is 1.57. The summed E-state index contributed by atoms with van der Waals surface area (Å²) in [5, 5.41) is 2.52. The van der Waals surface area contributed by atoms with E-state index in [0.29, 0.717) is 6.07 Å². The summed E-state index contributed by atoms with van der Waals surface area (Å²) in [6, 6.07) is 4.49. The Labute approximate surface area is 116 Å². The summed E-state index contributed by atoms with van der Waals surface area (Å²) in [6.07, 6.45) is -4.65. The summed E-state index contributed by atoms with van der Waals surface area (Å²) in [4.78, 5) is 6.72. The second kappa shape index (κ2) is 5.43. The second-order valence-electron chi connectivity index (χ2n) is 3.97. The van der Waals surface area contributed by atoms with E-state index in [1.165, 1.54) is 19.2 Å². The number of rotatable bonds is 3. The lowest BCUT2D eigenvalue weighted by molar-refractivity contribution is -0.141. The third kappa shape index (κ3) is 3.50. The molecular formula is C12H10F4N4O. The molecule has 0 fully saturated rings. The number of aromatic nitrogens is 2.